The minimum atomic E-state index is -0.504. The van der Waals surface area contributed by atoms with Gasteiger partial charge < -0.3 is 5.32 Å². The predicted octanol–water partition coefficient (Wildman–Crippen LogP) is 3.44. The number of carbonyl (C=O) groups is 1. The van der Waals surface area contributed by atoms with Crippen molar-refractivity contribution < 1.29 is 9.18 Å². The van der Waals surface area contributed by atoms with Crippen LogP contribution in [-0.2, 0) is 17.9 Å². The van der Waals surface area contributed by atoms with Crippen molar-refractivity contribution in [2.24, 2.45) is 0 Å². The molecule has 1 N–H and O–H groups in total. The molecule has 6 nitrogen and oxygen atoms in total. The quantitative estimate of drug-likeness (QED) is 0.621. The lowest BCUT2D eigenvalue weighted by Gasteiger charge is -2.14. The van der Waals surface area contributed by atoms with Crippen LogP contribution in [-0.4, -0.2) is 15.0 Å². The highest BCUT2D eigenvalue weighted by atomic mass is 19.1. The molecule has 1 heterocycles. The summed E-state index contributed by atoms with van der Waals surface area (Å²) in [6.07, 6.45) is 2.59. The molecule has 0 saturated carbocycles. The van der Waals surface area contributed by atoms with Crippen LogP contribution in [0.25, 0.3) is 10.9 Å². The van der Waals surface area contributed by atoms with Crippen molar-refractivity contribution in [3.05, 3.63) is 74.7 Å². The maximum Gasteiger partial charge on any atom is 0.331 e. The van der Waals surface area contributed by atoms with Crippen molar-refractivity contribution in [3.8, 4) is 0 Å². The van der Waals surface area contributed by atoms with Gasteiger partial charge in [-0.2, -0.15) is 0 Å². The number of hydrogen-bond acceptors (Lipinski definition) is 3. The highest BCUT2D eigenvalue weighted by Crippen LogP contribution is 2.16. The van der Waals surface area contributed by atoms with Gasteiger partial charge in [0.2, 0.25) is 5.91 Å². The van der Waals surface area contributed by atoms with Crippen LogP contribution < -0.4 is 16.6 Å². The third kappa shape index (κ3) is 4.45. The van der Waals surface area contributed by atoms with E-state index in [4.69, 9.17) is 0 Å². The standard InChI is InChI=1S/C22H24FN3O3/c1-3-4-7-12-25-21(28)17-8-5-6-9-19(17)26(22(25)29)14-20(27)24-18-11-10-16(23)13-15(18)2/h5-6,8-11,13H,3-4,7,12,14H2,1-2H3,(H,24,27). The number of amides is 1. The van der Waals surface area contributed by atoms with Crippen molar-refractivity contribution in [2.45, 2.75) is 46.2 Å². The lowest BCUT2D eigenvalue weighted by molar-refractivity contribution is -0.116. The first-order chi connectivity index (χ1) is 13.9. The normalized spacial score (nSPS) is 11.0. The van der Waals surface area contributed by atoms with Crippen LogP contribution in [0, 0.1) is 12.7 Å². The molecule has 152 valence electrons. The second kappa shape index (κ2) is 8.86. The Morgan fingerprint density at radius 2 is 1.83 bits per heavy atom. The second-order valence-corrected chi connectivity index (χ2v) is 7.06. The van der Waals surface area contributed by atoms with Crippen LogP contribution in [0.5, 0.6) is 0 Å². The lowest BCUT2D eigenvalue weighted by atomic mass is 10.2. The van der Waals surface area contributed by atoms with Gasteiger partial charge in [-0.3, -0.25) is 18.7 Å². The minimum Gasteiger partial charge on any atom is -0.324 e. The zero-order valence-corrected chi connectivity index (χ0v) is 16.6. The number of nitrogens with zero attached hydrogens (tertiary/aromatic N) is 2. The average Bonchev–Trinajstić information content (AvgIpc) is 2.70. The number of rotatable bonds is 7. The van der Waals surface area contributed by atoms with Crippen molar-refractivity contribution in [1.29, 1.82) is 0 Å². The minimum absolute atomic E-state index is 0.246. The Morgan fingerprint density at radius 1 is 1.07 bits per heavy atom. The molecule has 0 fully saturated rings. The largest absolute Gasteiger partial charge is 0.331 e. The van der Waals surface area contributed by atoms with Crippen LogP contribution in [0.2, 0.25) is 0 Å². The Bertz CT molecular complexity index is 1160. The molecule has 0 aliphatic carbocycles. The summed E-state index contributed by atoms with van der Waals surface area (Å²) in [5.41, 5.74) is 0.633. The van der Waals surface area contributed by atoms with Gasteiger partial charge in [0.05, 0.1) is 10.9 Å². The molecule has 0 atom stereocenters. The number of nitrogens with one attached hydrogen (secondary N) is 1. The molecule has 0 spiro atoms. The van der Waals surface area contributed by atoms with E-state index in [-0.39, 0.29) is 17.9 Å². The highest BCUT2D eigenvalue weighted by molar-refractivity contribution is 5.92. The third-order valence-corrected chi connectivity index (χ3v) is 4.88. The summed E-state index contributed by atoms with van der Waals surface area (Å²) >= 11 is 0. The number of hydrogen-bond donors (Lipinski definition) is 1. The first-order valence-electron chi connectivity index (χ1n) is 9.70. The number of halogens is 1. The molecule has 0 radical (unpaired) electrons. The summed E-state index contributed by atoms with van der Waals surface area (Å²) in [5, 5.41) is 3.11. The first kappa shape index (κ1) is 20.5. The summed E-state index contributed by atoms with van der Waals surface area (Å²) in [7, 11) is 0. The van der Waals surface area contributed by atoms with Gasteiger partial charge in [-0.1, -0.05) is 31.9 Å². The fraction of sp³-hybridized carbons (Fsp3) is 0.318. The van der Waals surface area contributed by atoms with E-state index >= 15 is 0 Å². The molecule has 2 aromatic carbocycles. The van der Waals surface area contributed by atoms with E-state index < -0.39 is 11.6 Å². The molecular formula is C22H24FN3O3. The monoisotopic (exact) mass is 397 g/mol. The van der Waals surface area contributed by atoms with E-state index in [0.717, 1.165) is 12.8 Å². The number of benzene rings is 2. The van der Waals surface area contributed by atoms with Gasteiger partial charge in [0.1, 0.15) is 12.4 Å². The van der Waals surface area contributed by atoms with E-state index in [2.05, 4.69) is 5.32 Å². The zero-order chi connectivity index (χ0) is 21.0. The highest BCUT2D eigenvalue weighted by Gasteiger charge is 2.15. The molecule has 7 heteroatoms. The Labute approximate surface area is 167 Å². The maximum atomic E-state index is 13.3. The summed E-state index contributed by atoms with van der Waals surface area (Å²) in [6, 6.07) is 10.8. The number of unbranched alkanes of at least 4 members (excludes halogenated alkanes) is 2. The lowest BCUT2D eigenvalue weighted by Crippen LogP contribution is -2.41. The van der Waals surface area contributed by atoms with Gasteiger partial charge in [-0.15, -0.1) is 0 Å². The first-order valence-corrected chi connectivity index (χ1v) is 9.70. The van der Waals surface area contributed by atoms with Gasteiger partial charge in [0.25, 0.3) is 5.56 Å². The van der Waals surface area contributed by atoms with Gasteiger partial charge in [0.15, 0.2) is 0 Å². The van der Waals surface area contributed by atoms with Crippen LogP contribution in [0.4, 0.5) is 10.1 Å². The van der Waals surface area contributed by atoms with E-state index in [9.17, 15) is 18.8 Å². The van der Waals surface area contributed by atoms with E-state index in [1.54, 1.807) is 31.2 Å². The van der Waals surface area contributed by atoms with Crippen LogP contribution in [0.15, 0.2) is 52.1 Å². The Morgan fingerprint density at radius 3 is 2.55 bits per heavy atom. The van der Waals surface area contributed by atoms with Crippen molar-refractivity contribution >= 4 is 22.5 Å². The van der Waals surface area contributed by atoms with Crippen molar-refractivity contribution in [1.82, 2.24) is 9.13 Å². The van der Waals surface area contributed by atoms with E-state index in [1.165, 1.54) is 27.3 Å². The van der Waals surface area contributed by atoms with Gasteiger partial charge in [0, 0.05) is 12.2 Å². The Balaban J connectivity index is 1.98. The van der Waals surface area contributed by atoms with Crippen LogP contribution in [0.3, 0.4) is 0 Å². The fourth-order valence-corrected chi connectivity index (χ4v) is 3.34. The fourth-order valence-electron chi connectivity index (χ4n) is 3.34. The van der Waals surface area contributed by atoms with E-state index in [0.29, 0.717) is 35.1 Å². The third-order valence-electron chi connectivity index (χ3n) is 4.88. The molecule has 3 aromatic rings. The molecule has 1 amide bonds. The number of fused-ring (bicyclic) bond motifs is 1. The van der Waals surface area contributed by atoms with Gasteiger partial charge >= 0.3 is 5.69 Å². The second-order valence-electron chi connectivity index (χ2n) is 7.06. The SMILES string of the molecule is CCCCCn1c(=O)c2ccccc2n(CC(=O)Nc2ccc(F)cc2C)c1=O. The maximum absolute atomic E-state index is 13.3. The molecule has 0 aliphatic heterocycles. The number of para-hydroxylation sites is 1. The summed E-state index contributed by atoms with van der Waals surface area (Å²) in [4.78, 5) is 38.4. The smallest absolute Gasteiger partial charge is 0.324 e. The van der Waals surface area contributed by atoms with Crippen LogP contribution >= 0.6 is 0 Å². The Kier molecular flexibility index (Phi) is 6.26. The van der Waals surface area contributed by atoms with E-state index in [1.807, 2.05) is 6.92 Å². The van der Waals surface area contributed by atoms with Gasteiger partial charge in [-0.25, -0.2) is 9.18 Å². The molecule has 0 aliphatic rings. The predicted molar refractivity (Wildman–Crippen MR) is 112 cm³/mol. The number of anilines is 1. The number of carbonyl (C=O) groups excluding carboxylic acids is 1. The summed E-state index contributed by atoms with van der Waals surface area (Å²) in [5.74, 6) is -0.812. The molecular weight excluding hydrogens is 373 g/mol. The zero-order valence-electron chi connectivity index (χ0n) is 16.6. The average molecular weight is 397 g/mol. The molecule has 3 rings (SSSR count). The topological polar surface area (TPSA) is 73.1 Å². The number of aryl methyl sites for hydroxylation is 1. The Hall–Kier alpha value is -3.22. The molecule has 0 bridgehead atoms. The number of aromatic nitrogens is 2. The summed E-state index contributed by atoms with van der Waals surface area (Å²) in [6.45, 7) is 3.80. The molecule has 1 aromatic heterocycles. The van der Waals surface area contributed by atoms with Crippen molar-refractivity contribution in [2.75, 3.05) is 5.32 Å². The van der Waals surface area contributed by atoms with Crippen molar-refractivity contribution in [3.63, 3.8) is 0 Å². The molecule has 29 heavy (non-hydrogen) atoms. The van der Waals surface area contributed by atoms with Gasteiger partial charge in [-0.05, 0) is 49.2 Å². The molecule has 0 saturated heterocycles. The van der Waals surface area contributed by atoms with Crippen LogP contribution in [0.1, 0.15) is 31.7 Å². The summed E-state index contributed by atoms with van der Waals surface area (Å²) < 4.78 is 15.8. The molecule has 0 unspecified atom stereocenters.